The molecule has 1 aliphatic carbocycles. The molecule has 3 saturated heterocycles. The summed E-state index contributed by atoms with van der Waals surface area (Å²) < 4.78 is 43.4. The van der Waals surface area contributed by atoms with E-state index in [0.717, 1.165) is 0 Å². The SMILES string of the molecule is N[C@H]1[C@H](O[C@@H]2[C@@H](O)[C@H](O)[C@@H](O)[C@H]3OP(=O)(O)O[C@H]32)O[C@H](CO)[C@@H](O[C@H]2O[C@H](CO)[C@@H](O)[C@H](O)[C@@H]2O)[C@@H]1O. The zero-order chi connectivity index (χ0) is 27.4. The zero-order valence-corrected chi connectivity index (χ0v) is 19.9. The van der Waals surface area contributed by atoms with Crippen LogP contribution in [0, 0.1) is 0 Å². The number of nitrogens with two attached hydrogens (primary N) is 1. The highest BCUT2D eigenvalue weighted by Crippen LogP contribution is 2.56. The molecule has 0 aromatic rings. The minimum atomic E-state index is -4.67. The molecule has 0 aromatic heterocycles. The van der Waals surface area contributed by atoms with Crippen LogP contribution in [-0.2, 0) is 32.6 Å². The van der Waals surface area contributed by atoms with Gasteiger partial charge < -0.3 is 75.5 Å². The Morgan fingerprint density at radius 2 is 1.19 bits per heavy atom. The Morgan fingerprint density at radius 3 is 1.81 bits per heavy atom. The van der Waals surface area contributed by atoms with Gasteiger partial charge in [0.05, 0.1) is 19.3 Å². The molecule has 19 heteroatoms. The van der Waals surface area contributed by atoms with Crippen molar-refractivity contribution in [3.05, 3.63) is 0 Å². The van der Waals surface area contributed by atoms with Gasteiger partial charge >= 0.3 is 7.82 Å². The summed E-state index contributed by atoms with van der Waals surface area (Å²) in [6.45, 7) is -1.57. The molecule has 216 valence electrons. The highest BCUT2D eigenvalue weighted by Gasteiger charge is 2.61. The Bertz CT molecular complexity index is 836. The highest BCUT2D eigenvalue weighted by molar-refractivity contribution is 7.47. The Labute approximate surface area is 208 Å². The molecular weight excluding hydrogens is 533 g/mol. The van der Waals surface area contributed by atoms with Gasteiger partial charge in [0.2, 0.25) is 0 Å². The van der Waals surface area contributed by atoms with Gasteiger partial charge in [-0.15, -0.1) is 0 Å². The van der Waals surface area contributed by atoms with Crippen LogP contribution in [0.5, 0.6) is 0 Å². The van der Waals surface area contributed by atoms with Crippen molar-refractivity contribution in [3.8, 4) is 0 Å². The van der Waals surface area contributed by atoms with Gasteiger partial charge in [0.1, 0.15) is 79.4 Å². The minimum Gasteiger partial charge on any atom is -0.394 e. The van der Waals surface area contributed by atoms with E-state index in [1.165, 1.54) is 0 Å². The molecule has 1 saturated carbocycles. The molecule has 0 amide bonds. The lowest BCUT2D eigenvalue weighted by Crippen LogP contribution is -2.69. The number of ether oxygens (including phenoxy) is 4. The quantitative estimate of drug-likeness (QED) is 0.133. The first-order valence-corrected chi connectivity index (χ1v) is 12.9. The maximum atomic E-state index is 11.9. The van der Waals surface area contributed by atoms with Crippen molar-refractivity contribution in [2.45, 2.75) is 98.0 Å². The van der Waals surface area contributed by atoms with E-state index in [4.69, 9.17) is 33.7 Å². The highest BCUT2D eigenvalue weighted by atomic mass is 31.2. The number of aliphatic hydroxyl groups is 9. The fourth-order valence-electron chi connectivity index (χ4n) is 4.77. The number of phosphoric ester groups is 1. The molecule has 18 nitrogen and oxygen atoms in total. The molecular formula is C18H32NO17P. The van der Waals surface area contributed by atoms with Gasteiger partial charge in [-0.05, 0) is 0 Å². The number of phosphoric acid groups is 1. The monoisotopic (exact) mass is 565 g/mol. The Kier molecular flexibility index (Phi) is 8.94. The number of hydrogen-bond donors (Lipinski definition) is 11. The number of aliphatic hydroxyl groups excluding tert-OH is 9. The normalized spacial score (nSPS) is 56.7. The summed E-state index contributed by atoms with van der Waals surface area (Å²) >= 11 is 0. The first kappa shape index (κ1) is 29.5. The van der Waals surface area contributed by atoms with Crippen LogP contribution in [0.4, 0.5) is 0 Å². The molecule has 3 heterocycles. The summed E-state index contributed by atoms with van der Waals surface area (Å²) in [7, 11) is -4.67. The van der Waals surface area contributed by atoms with Gasteiger partial charge in [0.25, 0.3) is 0 Å². The summed E-state index contributed by atoms with van der Waals surface area (Å²) in [5.74, 6) is 0. The smallest absolute Gasteiger partial charge is 0.394 e. The maximum absolute atomic E-state index is 11.9. The lowest BCUT2D eigenvalue weighted by Gasteiger charge is -2.48. The van der Waals surface area contributed by atoms with Crippen molar-refractivity contribution in [2.24, 2.45) is 5.73 Å². The van der Waals surface area contributed by atoms with E-state index in [-0.39, 0.29) is 0 Å². The average Bonchev–Trinajstić information content (AvgIpc) is 3.19. The fourth-order valence-corrected chi connectivity index (χ4v) is 5.92. The number of fused-ring (bicyclic) bond motifs is 1. The standard InChI is InChI=1S/C18H32NO17P/c19-5-7(23)13(33-18-12(28)8(24)6(22)3(1-20)31-18)4(2-21)32-17(5)34-14-10(26)9(25)11(27)15-16(14)36-37(29,30)35-15/h3-18,20-28H,1-2,19H2,(H,29,30)/t3-,4-,5-,6-,7-,8+,9+,10+,11-,12+,13-,14-,15-,16+,17+,18-/m1/s1. The Hall–Kier alpha value is -0.450. The second kappa shape index (κ2) is 11.2. The summed E-state index contributed by atoms with van der Waals surface area (Å²) in [5, 5.41) is 90.8. The van der Waals surface area contributed by atoms with Crippen LogP contribution in [-0.4, -0.2) is 162 Å². The van der Waals surface area contributed by atoms with Crippen molar-refractivity contribution >= 4 is 7.82 Å². The molecule has 0 radical (unpaired) electrons. The third-order valence-electron chi connectivity index (χ3n) is 6.86. The van der Waals surface area contributed by atoms with Gasteiger partial charge in [-0.25, -0.2) is 4.57 Å². The van der Waals surface area contributed by atoms with E-state index in [0.29, 0.717) is 0 Å². The van der Waals surface area contributed by atoms with Crippen LogP contribution in [0.25, 0.3) is 0 Å². The van der Waals surface area contributed by atoms with Crippen molar-refractivity contribution < 1.29 is 83.4 Å². The van der Waals surface area contributed by atoms with Gasteiger partial charge in [-0.2, -0.15) is 0 Å². The van der Waals surface area contributed by atoms with E-state index in [9.17, 15) is 55.4 Å². The predicted octanol–water partition coefficient (Wildman–Crippen LogP) is -7.06. The predicted molar refractivity (Wildman–Crippen MR) is 111 cm³/mol. The zero-order valence-electron chi connectivity index (χ0n) is 19.0. The first-order chi connectivity index (χ1) is 17.3. The molecule has 12 N–H and O–H groups in total. The topological polar surface area (TPSA) is 301 Å². The van der Waals surface area contributed by atoms with Crippen molar-refractivity contribution in [2.75, 3.05) is 13.2 Å². The van der Waals surface area contributed by atoms with E-state index in [1.807, 2.05) is 0 Å². The molecule has 4 fully saturated rings. The summed E-state index contributed by atoms with van der Waals surface area (Å²) in [6.07, 6.45) is -25.0. The van der Waals surface area contributed by atoms with Crippen LogP contribution in [0.3, 0.4) is 0 Å². The second-order valence-corrected chi connectivity index (χ2v) is 10.6. The molecule has 0 bridgehead atoms. The lowest BCUT2D eigenvalue weighted by molar-refractivity contribution is -0.355. The fraction of sp³-hybridized carbons (Fsp3) is 1.00. The minimum absolute atomic E-state index is 0.744. The van der Waals surface area contributed by atoms with Crippen LogP contribution in [0.2, 0.25) is 0 Å². The first-order valence-electron chi connectivity index (χ1n) is 11.4. The molecule has 1 unspecified atom stereocenters. The lowest BCUT2D eigenvalue weighted by atomic mass is 9.84. The Balaban J connectivity index is 1.49. The largest absolute Gasteiger partial charge is 0.473 e. The molecule has 3 aliphatic heterocycles. The van der Waals surface area contributed by atoms with Crippen molar-refractivity contribution in [1.29, 1.82) is 0 Å². The summed E-state index contributed by atoms with van der Waals surface area (Å²) in [5.41, 5.74) is 6.02. The van der Waals surface area contributed by atoms with Gasteiger partial charge in [0.15, 0.2) is 12.6 Å². The third-order valence-corrected chi connectivity index (χ3v) is 7.88. The van der Waals surface area contributed by atoms with Crippen LogP contribution >= 0.6 is 7.82 Å². The van der Waals surface area contributed by atoms with Gasteiger partial charge in [-0.3, -0.25) is 9.05 Å². The van der Waals surface area contributed by atoms with E-state index < -0.39 is 119 Å². The van der Waals surface area contributed by atoms with Gasteiger partial charge in [0, 0.05) is 0 Å². The van der Waals surface area contributed by atoms with Crippen molar-refractivity contribution in [3.63, 3.8) is 0 Å². The van der Waals surface area contributed by atoms with Crippen LogP contribution in [0.1, 0.15) is 0 Å². The molecule has 0 aromatic carbocycles. The molecule has 17 atom stereocenters. The van der Waals surface area contributed by atoms with Crippen molar-refractivity contribution in [1.82, 2.24) is 0 Å². The number of hydrogen-bond acceptors (Lipinski definition) is 17. The third kappa shape index (κ3) is 5.47. The van der Waals surface area contributed by atoms with Crippen LogP contribution in [0.15, 0.2) is 0 Å². The van der Waals surface area contributed by atoms with E-state index >= 15 is 0 Å². The maximum Gasteiger partial charge on any atom is 0.473 e. The van der Waals surface area contributed by atoms with Gasteiger partial charge in [-0.1, -0.05) is 0 Å². The molecule has 0 spiro atoms. The van der Waals surface area contributed by atoms with Crippen LogP contribution < -0.4 is 5.73 Å². The molecule has 4 aliphatic rings. The number of rotatable bonds is 6. The average molecular weight is 565 g/mol. The summed E-state index contributed by atoms with van der Waals surface area (Å²) in [6, 6.07) is -1.50. The van der Waals surface area contributed by atoms with E-state index in [1.54, 1.807) is 0 Å². The molecule has 4 rings (SSSR count). The summed E-state index contributed by atoms with van der Waals surface area (Å²) in [4.78, 5) is 9.65. The molecule has 37 heavy (non-hydrogen) atoms. The van der Waals surface area contributed by atoms with E-state index in [2.05, 4.69) is 0 Å². The Morgan fingerprint density at radius 1 is 0.649 bits per heavy atom. The second-order valence-electron chi connectivity index (χ2n) is 9.27.